The highest BCUT2D eigenvalue weighted by atomic mass is 32.1. The van der Waals surface area contributed by atoms with Crippen LogP contribution < -0.4 is 20.1 Å². The predicted octanol–water partition coefficient (Wildman–Crippen LogP) is 2.95. The van der Waals surface area contributed by atoms with E-state index in [-0.39, 0.29) is 12.2 Å². The topological polar surface area (TPSA) is 92.0 Å². The van der Waals surface area contributed by atoms with E-state index in [1.165, 1.54) is 20.5 Å². The number of hydrogen-bond acceptors (Lipinski definition) is 7. The number of aromatic nitrogens is 2. The molecule has 0 saturated heterocycles. The Balaban J connectivity index is 1.32. The number of imidazole rings is 1. The number of benzene rings is 2. The molecule has 180 valence electrons. The second-order valence-electron chi connectivity index (χ2n) is 7.96. The van der Waals surface area contributed by atoms with E-state index in [0.29, 0.717) is 48.0 Å². The van der Waals surface area contributed by atoms with Gasteiger partial charge in [0.1, 0.15) is 19.8 Å². The average Bonchev–Trinajstić information content (AvgIpc) is 3.48. The summed E-state index contributed by atoms with van der Waals surface area (Å²) >= 11 is 1.53. The molecule has 3 heterocycles. The molecule has 9 nitrogen and oxygen atoms in total. The van der Waals surface area contributed by atoms with E-state index in [4.69, 9.17) is 14.2 Å². The zero-order chi connectivity index (χ0) is 24.4. The van der Waals surface area contributed by atoms with Gasteiger partial charge in [0.05, 0.1) is 17.6 Å². The molecule has 0 spiro atoms. The summed E-state index contributed by atoms with van der Waals surface area (Å²) in [7, 11) is 1.64. The molecule has 1 amide bonds. The Kier molecular flexibility index (Phi) is 6.28. The Morgan fingerprint density at radius 3 is 2.57 bits per heavy atom. The summed E-state index contributed by atoms with van der Waals surface area (Å²) in [5, 5.41) is 1.93. The molecule has 5 rings (SSSR count). The van der Waals surface area contributed by atoms with Gasteiger partial charge in [0.2, 0.25) is 0 Å². The molecule has 0 aliphatic carbocycles. The zero-order valence-corrected chi connectivity index (χ0v) is 19.8. The molecule has 2 aromatic heterocycles. The summed E-state index contributed by atoms with van der Waals surface area (Å²) in [6.45, 7) is 0.470. The van der Waals surface area contributed by atoms with E-state index >= 15 is 0 Å². The third kappa shape index (κ3) is 4.65. The fourth-order valence-electron chi connectivity index (χ4n) is 3.99. The number of carbonyl (C=O) groups is 2. The fourth-order valence-corrected chi connectivity index (χ4v) is 4.69. The highest BCUT2D eigenvalue weighted by Crippen LogP contribution is 2.34. The van der Waals surface area contributed by atoms with Gasteiger partial charge < -0.3 is 19.1 Å². The Bertz CT molecular complexity index is 1440. The third-order valence-corrected chi connectivity index (χ3v) is 6.59. The number of thiophene rings is 1. The van der Waals surface area contributed by atoms with Crippen LogP contribution in [0.4, 0.5) is 5.69 Å². The summed E-state index contributed by atoms with van der Waals surface area (Å²) < 4.78 is 19.4. The van der Waals surface area contributed by atoms with Gasteiger partial charge in [0.15, 0.2) is 18.1 Å². The molecule has 0 radical (unpaired) electrons. The molecule has 0 saturated carbocycles. The molecule has 2 aromatic carbocycles. The van der Waals surface area contributed by atoms with Crippen molar-refractivity contribution in [3.8, 4) is 11.5 Å². The number of carbonyl (C=O) groups excluding carboxylic acids is 2. The van der Waals surface area contributed by atoms with Crippen molar-refractivity contribution in [3.05, 3.63) is 75.3 Å². The fraction of sp³-hybridized carbons (Fsp3) is 0.240. The van der Waals surface area contributed by atoms with Crippen LogP contribution in [0.2, 0.25) is 0 Å². The van der Waals surface area contributed by atoms with Gasteiger partial charge in [-0.1, -0.05) is 18.2 Å². The first kappa shape index (κ1) is 22.7. The van der Waals surface area contributed by atoms with Crippen LogP contribution in [-0.4, -0.2) is 40.8 Å². The Morgan fingerprint density at radius 1 is 1.03 bits per heavy atom. The summed E-state index contributed by atoms with van der Waals surface area (Å²) in [6, 6.07) is 16.3. The summed E-state index contributed by atoms with van der Waals surface area (Å²) in [5.41, 5.74) is 1.61. The number of anilines is 1. The van der Waals surface area contributed by atoms with Gasteiger partial charge in [0, 0.05) is 23.7 Å². The van der Waals surface area contributed by atoms with Gasteiger partial charge in [-0.25, -0.2) is 4.79 Å². The maximum absolute atomic E-state index is 13.2. The van der Waals surface area contributed by atoms with E-state index in [2.05, 4.69) is 0 Å². The monoisotopic (exact) mass is 493 g/mol. The van der Waals surface area contributed by atoms with Crippen molar-refractivity contribution in [1.29, 1.82) is 0 Å². The molecule has 0 atom stereocenters. The molecule has 1 aliphatic heterocycles. The standard InChI is InChI=1S/C25H23N3O6S/c1-26-19-6-2-3-7-20(19)28(25(26)31)15-24(30)34-16-23(29)27(14-18-5-4-12-35-18)17-8-9-21-22(13-17)33-11-10-32-21/h2-9,12-13H,10-11,14-16H2,1H3. The molecule has 0 fully saturated rings. The molecule has 10 heteroatoms. The van der Waals surface area contributed by atoms with E-state index in [1.54, 1.807) is 48.3 Å². The quantitative estimate of drug-likeness (QED) is 0.368. The van der Waals surface area contributed by atoms with Crippen molar-refractivity contribution in [2.45, 2.75) is 13.1 Å². The van der Waals surface area contributed by atoms with Crippen molar-refractivity contribution in [2.24, 2.45) is 7.05 Å². The van der Waals surface area contributed by atoms with Crippen molar-refractivity contribution in [2.75, 3.05) is 24.7 Å². The van der Waals surface area contributed by atoms with Crippen molar-refractivity contribution in [3.63, 3.8) is 0 Å². The molecular weight excluding hydrogens is 470 g/mol. The van der Waals surface area contributed by atoms with Crippen LogP contribution in [0.5, 0.6) is 11.5 Å². The largest absolute Gasteiger partial charge is 0.486 e. The maximum Gasteiger partial charge on any atom is 0.329 e. The normalized spacial score (nSPS) is 12.5. The van der Waals surface area contributed by atoms with Crippen LogP contribution in [0, 0.1) is 0 Å². The summed E-state index contributed by atoms with van der Waals surface area (Å²) in [6.07, 6.45) is 0. The predicted molar refractivity (Wildman–Crippen MR) is 131 cm³/mol. The van der Waals surface area contributed by atoms with Gasteiger partial charge in [-0.15, -0.1) is 11.3 Å². The van der Waals surface area contributed by atoms with Crippen LogP contribution in [0.15, 0.2) is 64.8 Å². The van der Waals surface area contributed by atoms with Crippen molar-refractivity contribution < 1.29 is 23.8 Å². The molecule has 0 unspecified atom stereocenters. The Hall–Kier alpha value is -4.05. The van der Waals surface area contributed by atoms with Crippen molar-refractivity contribution in [1.82, 2.24) is 9.13 Å². The minimum Gasteiger partial charge on any atom is -0.486 e. The minimum atomic E-state index is -0.671. The highest BCUT2D eigenvalue weighted by molar-refractivity contribution is 7.09. The van der Waals surface area contributed by atoms with Crippen LogP contribution in [0.1, 0.15) is 4.88 Å². The first-order valence-electron chi connectivity index (χ1n) is 11.0. The first-order chi connectivity index (χ1) is 17.0. The smallest absolute Gasteiger partial charge is 0.329 e. The lowest BCUT2D eigenvalue weighted by molar-refractivity contribution is -0.148. The number of para-hydroxylation sites is 2. The van der Waals surface area contributed by atoms with Crippen LogP contribution >= 0.6 is 11.3 Å². The molecule has 1 aliphatic rings. The minimum absolute atomic E-state index is 0.289. The average molecular weight is 494 g/mol. The molecule has 4 aromatic rings. The van der Waals surface area contributed by atoms with Gasteiger partial charge in [-0.3, -0.25) is 18.7 Å². The lowest BCUT2D eigenvalue weighted by Crippen LogP contribution is -2.35. The number of esters is 1. The van der Waals surface area contributed by atoms with E-state index in [9.17, 15) is 14.4 Å². The van der Waals surface area contributed by atoms with E-state index in [0.717, 1.165) is 4.88 Å². The number of hydrogen-bond donors (Lipinski definition) is 0. The number of ether oxygens (including phenoxy) is 3. The summed E-state index contributed by atoms with van der Waals surface area (Å²) in [4.78, 5) is 40.9. The lowest BCUT2D eigenvalue weighted by atomic mass is 10.2. The number of aryl methyl sites for hydroxylation is 1. The third-order valence-electron chi connectivity index (χ3n) is 5.73. The first-order valence-corrected chi connectivity index (χ1v) is 11.9. The number of amides is 1. The molecule has 0 N–H and O–H groups in total. The van der Waals surface area contributed by atoms with E-state index in [1.807, 2.05) is 23.6 Å². The Morgan fingerprint density at radius 2 is 1.80 bits per heavy atom. The highest BCUT2D eigenvalue weighted by Gasteiger charge is 2.22. The Labute approximate surface area is 204 Å². The van der Waals surface area contributed by atoms with Gasteiger partial charge in [-0.2, -0.15) is 0 Å². The lowest BCUT2D eigenvalue weighted by Gasteiger charge is -2.25. The number of nitrogens with zero attached hydrogens (tertiary/aromatic N) is 3. The second-order valence-corrected chi connectivity index (χ2v) is 9.00. The SMILES string of the molecule is Cn1c(=O)n(CC(=O)OCC(=O)N(Cc2cccs2)c2ccc3c(c2)OCCO3)c2ccccc21. The molecule has 0 bridgehead atoms. The van der Waals surface area contributed by atoms with Crippen LogP contribution in [0.3, 0.4) is 0 Å². The number of fused-ring (bicyclic) bond motifs is 2. The van der Waals surface area contributed by atoms with Gasteiger partial charge in [-0.05, 0) is 35.7 Å². The van der Waals surface area contributed by atoms with Gasteiger partial charge >= 0.3 is 11.7 Å². The zero-order valence-electron chi connectivity index (χ0n) is 19.0. The molecule has 35 heavy (non-hydrogen) atoms. The summed E-state index contributed by atoms with van der Waals surface area (Å²) in [5.74, 6) is 0.115. The van der Waals surface area contributed by atoms with Crippen LogP contribution in [-0.2, 0) is 34.5 Å². The molecular formula is C25H23N3O6S. The second kappa shape index (κ2) is 9.67. The number of rotatable bonds is 7. The van der Waals surface area contributed by atoms with E-state index < -0.39 is 18.5 Å². The van der Waals surface area contributed by atoms with Crippen LogP contribution in [0.25, 0.3) is 11.0 Å². The van der Waals surface area contributed by atoms with Gasteiger partial charge in [0.25, 0.3) is 5.91 Å². The maximum atomic E-state index is 13.2. The van der Waals surface area contributed by atoms with Crippen molar-refractivity contribution >= 4 is 39.9 Å².